The van der Waals surface area contributed by atoms with E-state index in [1.807, 2.05) is 18.9 Å². The van der Waals surface area contributed by atoms with E-state index in [4.69, 9.17) is 14.6 Å². The number of hydrogen-bond acceptors (Lipinski definition) is 4. The van der Waals surface area contributed by atoms with Gasteiger partial charge in [0.15, 0.2) is 0 Å². The molecule has 0 radical (unpaired) electrons. The predicted octanol–water partition coefficient (Wildman–Crippen LogP) is 0.0543. The van der Waals surface area contributed by atoms with Crippen LogP contribution in [0.4, 0.5) is 0 Å². The van der Waals surface area contributed by atoms with Crippen molar-refractivity contribution in [3.05, 3.63) is 0 Å². The van der Waals surface area contributed by atoms with Gasteiger partial charge in [-0.15, -0.1) is 0 Å². The lowest BCUT2D eigenvalue weighted by Crippen LogP contribution is -2.42. The third kappa shape index (κ3) is 3.44. The molecule has 0 spiro atoms. The molecule has 88 valence electrons. The summed E-state index contributed by atoms with van der Waals surface area (Å²) in [6.45, 7) is 4.83. The quantitative estimate of drug-likeness (QED) is 0.637. The SMILES string of the molecule is CCOCCN(C)C1COCC1C(=O)O. The minimum Gasteiger partial charge on any atom is -0.481 e. The number of ether oxygens (including phenoxy) is 2. The first-order valence-corrected chi connectivity index (χ1v) is 5.25. The minimum atomic E-state index is -0.777. The summed E-state index contributed by atoms with van der Waals surface area (Å²) < 4.78 is 10.4. The first-order chi connectivity index (χ1) is 7.16. The normalized spacial score (nSPS) is 26.1. The highest BCUT2D eigenvalue weighted by molar-refractivity contribution is 5.71. The highest BCUT2D eigenvalue weighted by atomic mass is 16.5. The molecule has 0 saturated carbocycles. The molecule has 15 heavy (non-hydrogen) atoms. The molecule has 5 heteroatoms. The Labute approximate surface area is 90.0 Å². The molecule has 1 N–H and O–H groups in total. The second-order valence-electron chi connectivity index (χ2n) is 3.73. The number of likely N-dealkylation sites (N-methyl/N-ethyl adjacent to an activating group) is 1. The number of carbonyl (C=O) groups is 1. The summed E-state index contributed by atoms with van der Waals surface area (Å²) in [5.41, 5.74) is 0. The zero-order valence-corrected chi connectivity index (χ0v) is 9.31. The summed E-state index contributed by atoms with van der Waals surface area (Å²) >= 11 is 0. The van der Waals surface area contributed by atoms with Crippen LogP contribution in [-0.2, 0) is 14.3 Å². The van der Waals surface area contributed by atoms with E-state index in [-0.39, 0.29) is 6.04 Å². The van der Waals surface area contributed by atoms with Crippen LogP contribution in [0, 0.1) is 5.92 Å². The van der Waals surface area contributed by atoms with E-state index in [0.717, 1.165) is 6.54 Å². The van der Waals surface area contributed by atoms with Gasteiger partial charge in [0.2, 0.25) is 0 Å². The van der Waals surface area contributed by atoms with Crippen LogP contribution in [0.1, 0.15) is 6.92 Å². The van der Waals surface area contributed by atoms with Crippen LogP contribution in [0.15, 0.2) is 0 Å². The Morgan fingerprint density at radius 3 is 2.93 bits per heavy atom. The van der Waals surface area contributed by atoms with Crippen molar-refractivity contribution in [3.8, 4) is 0 Å². The van der Waals surface area contributed by atoms with E-state index in [1.165, 1.54) is 0 Å². The number of nitrogens with zero attached hydrogens (tertiary/aromatic N) is 1. The fraction of sp³-hybridized carbons (Fsp3) is 0.900. The van der Waals surface area contributed by atoms with Crippen molar-refractivity contribution >= 4 is 5.97 Å². The molecule has 0 bridgehead atoms. The maximum Gasteiger partial charge on any atom is 0.310 e. The average molecular weight is 217 g/mol. The third-order valence-electron chi connectivity index (χ3n) is 2.73. The third-order valence-corrected chi connectivity index (χ3v) is 2.73. The van der Waals surface area contributed by atoms with Gasteiger partial charge in [-0.3, -0.25) is 9.69 Å². The molecule has 1 aliphatic heterocycles. The van der Waals surface area contributed by atoms with Crippen LogP contribution < -0.4 is 0 Å². The van der Waals surface area contributed by atoms with Gasteiger partial charge in [0.25, 0.3) is 0 Å². The van der Waals surface area contributed by atoms with Crippen molar-refractivity contribution in [2.75, 3.05) is 40.0 Å². The lowest BCUT2D eigenvalue weighted by molar-refractivity contribution is -0.143. The van der Waals surface area contributed by atoms with Gasteiger partial charge in [0.05, 0.1) is 25.7 Å². The maximum atomic E-state index is 10.9. The van der Waals surface area contributed by atoms with Gasteiger partial charge >= 0.3 is 5.97 Å². The lowest BCUT2D eigenvalue weighted by Gasteiger charge is -2.25. The molecular formula is C10H19NO4. The first kappa shape index (κ1) is 12.4. The highest BCUT2D eigenvalue weighted by Gasteiger charge is 2.36. The van der Waals surface area contributed by atoms with E-state index >= 15 is 0 Å². The molecular weight excluding hydrogens is 198 g/mol. The van der Waals surface area contributed by atoms with E-state index in [9.17, 15) is 4.79 Å². The Morgan fingerprint density at radius 1 is 1.60 bits per heavy atom. The van der Waals surface area contributed by atoms with Crippen molar-refractivity contribution in [2.45, 2.75) is 13.0 Å². The van der Waals surface area contributed by atoms with Gasteiger partial charge in [0, 0.05) is 19.2 Å². The van der Waals surface area contributed by atoms with E-state index in [0.29, 0.717) is 26.4 Å². The second-order valence-corrected chi connectivity index (χ2v) is 3.73. The molecule has 2 unspecified atom stereocenters. The number of carboxylic acids is 1. The molecule has 1 aliphatic rings. The van der Waals surface area contributed by atoms with Gasteiger partial charge in [-0.05, 0) is 14.0 Å². The van der Waals surface area contributed by atoms with Gasteiger partial charge in [-0.1, -0.05) is 0 Å². The summed E-state index contributed by atoms with van der Waals surface area (Å²) in [7, 11) is 1.91. The van der Waals surface area contributed by atoms with Gasteiger partial charge < -0.3 is 14.6 Å². The number of carboxylic acid groups (broad SMARTS) is 1. The molecule has 0 aromatic rings. The highest BCUT2D eigenvalue weighted by Crippen LogP contribution is 2.18. The van der Waals surface area contributed by atoms with Gasteiger partial charge in [0.1, 0.15) is 0 Å². The maximum absolute atomic E-state index is 10.9. The van der Waals surface area contributed by atoms with Crippen molar-refractivity contribution in [2.24, 2.45) is 5.92 Å². The number of hydrogen-bond donors (Lipinski definition) is 1. The van der Waals surface area contributed by atoms with Crippen LogP contribution in [-0.4, -0.2) is 62.0 Å². The molecule has 1 heterocycles. The molecule has 0 aromatic heterocycles. The summed E-state index contributed by atoms with van der Waals surface area (Å²) in [6, 6.07) is -0.0250. The molecule has 1 fully saturated rings. The lowest BCUT2D eigenvalue weighted by atomic mass is 10.0. The fourth-order valence-corrected chi connectivity index (χ4v) is 1.73. The zero-order chi connectivity index (χ0) is 11.3. The summed E-state index contributed by atoms with van der Waals surface area (Å²) in [5, 5.41) is 8.97. The Bertz CT molecular complexity index is 210. The molecule has 1 saturated heterocycles. The van der Waals surface area contributed by atoms with E-state index in [1.54, 1.807) is 0 Å². The topological polar surface area (TPSA) is 59.0 Å². The standard InChI is InChI=1S/C10H19NO4/c1-3-14-5-4-11(2)9-7-15-6-8(9)10(12)13/h8-9H,3-7H2,1-2H3,(H,12,13). The fourth-order valence-electron chi connectivity index (χ4n) is 1.73. The molecule has 1 rings (SSSR count). The Morgan fingerprint density at radius 2 is 2.33 bits per heavy atom. The first-order valence-electron chi connectivity index (χ1n) is 5.25. The van der Waals surface area contributed by atoms with Crippen molar-refractivity contribution in [1.82, 2.24) is 4.90 Å². The Balaban J connectivity index is 2.36. The minimum absolute atomic E-state index is 0.0250. The monoisotopic (exact) mass is 217 g/mol. The Kier molecular flexibility index (Phi) is 5.01. The Hall–Kier alpha value is -0.650. The molecule has 2 atom stereocenters. The average Bonchev–Trinajstić information content (AvgIpc) is 2.66. The number of aliphatic carboxylic acids is 1. The van der Waals surface area contributed by atoms with Crippen LogP contribution in [0.25, 0.3) is 0 Å². The van der Waals surface area contributed by atoms with Crippen molar-refractivity contribution in [1.29, 1.82) is 0 Å². The summed E-state index contributed by atoms with van der Waals surface area (Å²) in [6.07, 6.45) is 0. The molecule has 0 aliphatic carbocycles. The van der Waals surface area contributed by atoms with Crippen LogP contribution >= 0.6 is 0 Å². The van der Waals surface area contributed by atoms with Crippen LogP contribution in [0.5, 0.6) is 0 Å². The summed E-state index contributed by atoms with van der Waals surface area (Å²) in [4.78, 5) is 12.9. The number of rotatable bonds is 6. The van der Waals surface area contributed by atoms with Gasteiger partial charge in [-0.2, -0.15) is 0 Å². The van der Waals surface area contributed by atoms with Crippen LogP contribution in [0.3, 0.4) is 0 Å². The zero-order valence-electron chi connectivity index (χ0n) is 9.31. The smallest absolute Gasteiger partial charge is 0.310 e. The predicted molar refractivity (Wildman–Crippen MR) is 54.9 cm³/mol. The van der Waals surface area contributed by atoms with Crippen molar-refractivity contribution in [3.63, 3.8) is 0 Å². The van der Waals surface area contributed by atoms with Crippen molar-refractivity contribution < 1.29 is 19.4 Å². The van der Waals surface area contributed by atoms with E-state index in [2.05, 4.69) is 0 Å². The molecule has 5 nitrogen and oxygen atoms in total. The summed E-state index contributed by atoms with van der Waals surface area (Å²) in [5.74, 6) is -1.18. The largest absolute Gasteiger partial charge is 0.481 e. The second kappa shape index (κ2) is 6.05. The molecule has 0 aromatic carbocycles. The van der Waals surface area contributed by atoms with Gasteiger partial charge in [-0.25, -0.2) is 0 Å². The van der Waals surface area contributed by atoms with E-state index < -0.39 is 11.9 Å². The molecule has 0 amide bonds. The van der Waals surface area contributed by atoms with Crippen LogP contribution in [0.2, 0.25) is 0 Å².